The van der Waals surface area contributed by atoms with E-state index in [1.165, 1.54) is 32.4 Å². The average molecular weight is 273 g/mol. The van der Waals surface area contributed by atoms with Crippen LogP contribution in [0.3, 0.4) is 0 Å². The molecule has 1 aliphatic heterocycles. The number of rotatable bonds is 4. The molecule has 0 aliphatic carbocycles. The summed E-state index contributed by atoms with van der Waals surface area (Å²) in [6.07, 6.45) is 4.00. The van der Waals surface area contributed by atoms with E-state index in [1.807, 2.05) is 25.1 Å². The van der Waals surface area contributed by atoms with E-state index in [0.29, 0.717) is 0 Å². The van der Waals surface area contributed by atoms with Gasteiger partial charge in [0, 0.05) is 12.1 Å². The van der Waals surface area contributed by atoms with E-state index in [9.17, 15) is 0 Å². The van der Waals surface area contributed by atoms with Crippen molar-refractivity contribution in [2.45, 2.75) is 26.2 Å². The normalized spacial score (nSPS) is 15.5. The van der Waals surface area contributed by atoms with E-state index in [1.54, 1.807) is 0 Å². The molecule has 1 aromatic carbocycles. The van der Waals surface area contributed by atoms with Crippen molar-refractivity contribution in [2.24, 2.45) is 0 Å². The molecule has 0 amide bonds. The predicted octanol–water partition coefficient (Wildman–Crippen LogP) is 2.20. The first kappa shape index (κ1) is 14.9. The molecule has 0 atom stereocenters. The maximum absolute atomic E-state index is 8.69. The van der Waals surface area contributed by atoms with Crippen LogP contribution in [-0.2, 0) is 0 Å². The molecular formula is C17H23NO2. The molecule has 1 aliphatic rings. The van der Waals surface area contributed by atoms with Gasteiger partial charge in [-0.2, -0.15) is 0 Å². The van der Waals surface area contributed by atoms with Crippen molar-refractivity contribution in [3.8, 4) is 17.6 Å². The van der Waals surface area contributed by atoms with Crippen LogP contribution in [0.1, 0.15) is 30.4 Å². The van der Waals surface area contributed by atoms with Crippen LogP contribution in [0.15, 0.2) is 18.2 Å². The fourth-order valence-electron chi connectivity index (χ4n) is 2.50. The second-order valence-electron chi connectivity index (χ2n) is 5.19. The summed E-state index contributed by atoms with van der Waals surface area (Å²) >= 11 is 0. The van der Waals surface area contributed by atoms with Crippen molar-refractivity contribution < 1.29 is 9.84 Å². The lowest BCUT2D eigenvalue weighted by molar-refractivity contribution is 0.183. The van der Waals surface area contributed by atoms with Gasteiger partial charge in [-0.15, -0.1) is 0 Å². The molecule has 0 aromatic heterocycles. The van der Waals surface area contributed by atoms with Crippen molar-refractivity contribution in [3.05, 3.63) is 29.3 Å². The third-order valence-corrected chi connectivity index (χ3v) is 3.60. The van der Waals surface area contributed by atoms with E-state index in [0.717, 1.165) is 30.0 Å². The average Bonchev–Trinajstić information content (AvgIpc) is 2.48. The lowest BCUT2D eigenvalue weighted by Crippen LogP contribution is -2.33. The zero-order chi connectivity index (χ0) is 14.2. The zero-order valence-electron chi connectivity index (χ0n) is 12.2. The third-order valence-electron chi connectivity index (χ3n) is 3.60. The minimum absolute atomic E-state index is 0.104. The van der Waals surface area contributed by atoms with E-state index in [4.69, 9.17) is 9.84 Å². The minimum atomic E-state index is -0.104. The summed E-state index contributed by atoms with van der Waals surface area (Å²) in [6, 6.07) is 5.90. The van der Waals surface area contributed by atoms with Crippen LogP contribution >= 0.6 is 0 Å². The molecule has 0 spiro atoms. The van der Waals surface area contributed by atoms with E-state index in [-0.39, 0.29) is 6.61 Å². The van der Waals surface area contributed by atoms with E-state index in [2.05, 4.69) is 16.7 Å². The smallest absolute Gasteiger partial charge is 0.122 e. The maximum Gasteiger partial charge on any atom is 0.122 e. The van der Waals surface area contributed by atoms with Crippen LogP contribution in [0.25, 0.3) is 0 Å². The lowest BCUT2D eigenvalue weighted by Gasteiger charge is -2.26. The van der Waals surface area contributed by atoms with Crippen molar-refractivity contribution >= 4 is 0 Å². The molecule has 108 valence electrons. The number of aliphatic hydroxyl groups is 1. The minimum Gasteiger partial charge on any atom is -0.492 e. The number of hydrogen-bond acceptors (Lipinski definition) is 3. The highest BCUT2D eigenvalue weighted by Crippen LogP contribution is 2.19. The van der Waals surface area contributed by atoms with Gasteiger partial charge in [-0.25, -0.2) is 0 Å². The Hall–Kier alpha value is -1.50. The molecule has 1 aromatic rings. The molecule has 1 fully saturated rings. The number of benzene rings is 1. The number of hydrogen-bond donors (Lipinski definition) is 1. The Kier molecular flexibility index (Phi) is 5.91. The highest BCUT2D eigenvalue weighted by atomic mass is 16.5. The van der Waals surface area contributed by atoms with Crippen LogP contribution < -0.4 is 4.74 Å². The fraction of sp³-hybridized carbons (Fsp3) is 0.529. The van der Waals surface area contributed by atoms with Gasteiger partial charge >= 0.3 is 0 Å². The van der Waals surface area contributed by atoms with Crippen LogP contribution in [0.2, 0.25) is 0 Å². The quantitative estimate of drug-likeness (QED) is 0.854. The molecular weight excluding hydrogens is 250 g/mol. The van der Waals surface area contributed by atoms with Crippen molar-refractivity contribution in [1.29, 1.82) is 0 Å². The van der Waals surface area contributed by atoms with Crippen molar-refractivity contribution in [3.63, 3.8) is 0 Å². The molecule has 0 unspecified atom stereocenters. The third kappa shape index (κ3) is 4.56. The summed E-state index contributed by atoms with van der Waals surface area (Å²) in [5.41, 5.74) is 2.01. The van der Waals surface area contributed by atoms with Crippen LogP contribution in [0.4, 0.5) is 0 Å². The maximum atomic E-state index is 8.69. The summed E-state index contributed by atoms with van der Waals surface area (Å²) < 4.78 is 5.86. The van der Waals surface area contributed by atoms with Crippen LogP contribution in [0.5, 0.6) is 5.75 Å². The fourth-order valence-corrected chi connectivity index (χ4v) is 2.50. The summed E-state index contributed by atoms with van der Waals surface area (Å²) in [4.78, 5) is 2.47. The van der Waals surface area contributed by atoms with Crippen LogP contribution in [0, 0.1) is 18.8 Å². The Balaban J connectivity index is 1.83. The molecule has 1 heterocycles. The second kappa shape index (κ2) is 7.94. The topological polar surface area (TPSA) is 32.7 Å². The monoisotopic (exact) mass is 273 g/mol. The van der Waals surface area contributed by atoms with Gasteiger partial charge in [-0.3, -0.25) is 4.90 Å². The van der Waals surface area contributed by atoms with Gasteiger partial charge in [0.05, 0.1) is 0 Å². The molecule has 2 rings (SSSR count). The second-order valence-corrected chi connectivity index (χ2v) is 5.19. The summed E-state index contributed by atoms with van der Waals surface area (Å²) in [5.74, 6) is 6.49. The van der Waals surface area contributed by atoms with Gasteiger partial charge in [0.25, 0.3) is 0 Å². The number of ether oxygens (including phenoxy) is 1. The molecule has 0 radical (unpaired) electrons. The SMILES string of the molecule is Cc1cc(C#CCO)ccc1OCCN1CCCCC1. The highest BCUT2D eigenvalue weighted by molar-refractivity contribution is 5.43. The Morgan fingerprint density at radius 2 is 2.05 bits per heavy atom. The van der Waals surface area contributed by atoms with Crippen molar-refractivity contribution in [2.75, 3.05) is 32.8 Å². The van der Waals surface area contributed by atoms with Gasteiger partial charge in [-0.1, -0.05) is 18.3 Å². The summed E-state index contributed by atoms with van der Waals surface area (Å²) in [5, 5.41) is 8.69. The number of aliphatic hydroxyl groups excluding tert-OH is 1. The molecule has 0 bridgehead atoms. The van der Waals surface area contributed by atoms with E-state index < -0.39 is 0 Å². The number of aryl methyl sites for hydroxylation is 1. The Labute approximate surface area is 121 Å². The first-order chi connectivity index (χ1) is 9.79. The Bertz CT molecular complexity index is 481. The highest BCUT2D eigenvalue weighted by Gasteiger charge is 2.09. The van der Waals surface area contributed by atoms with Gasteiger partial charge in [0.2, 0.25) is 0 Å². The summed E-state index contributed by atoms with van der Waals surface area (Å²) in [7, 11) is 0. The zero-order valence-corrected chi connectivity index (χ0v) is 12.2. The van der Waals surface area contributed by atoms with Crippen molar-refractivity contribution in [1.82, 2.24) is 4.90 Å². The Morgan fingerprint density at radius 3 is 2.75 bits per heavy atom. The number of likely N-dealkylation sites (tertiary alicyclic amines) is 1. The number of piperidine rings is 1. The molecule has 20 heavy (non-hydrogen) atoms. The molecule has 0 saturated carbocycles. The summed E-state index contributed by atoms with van der Waals surface area (Å²) in [6.45, 7) is 6.08. The van der Waals surface area contributed by atoms with Gasteiger partial charge in [0.1, 0.15) is 19.0 Å². The van der Waals surface area contributed by atoms with Gasteiger partial charge in [0.15, 0.2) is 0 Å². The predicted molar refractivity (Wildman–Crippen MR) is 80.9 cm³/mol. The molecule has 3 heteroatoms. The van der Waals surface area contributed by atoms with E-state index >= 15 is 0 Å². The van der Waals surface area contributed by atoms with Crippen LogP contribution in [-0.4, -0.2) is 42.9 Å². The first-order valence-electron chi connectivity index (χ1n) is 7.35. The molecule has 3 nitrogen and oxygen atoms in total. The van der Waals surface area contributed by atoms with Gasteiger partial charge in [-0.05, 0) is 56.6 Å². The largest absolute Gasteiger partial charge is 0.492 e. The number of nitrogens with zero attached hydrogens (tertiary/aromatic N) is 1. The first-order valence-corrected chi connectivity index (χ1v) is 7.35. The lowest BCUT2D eigenvalue weighted by atomic mass is 10.1. The van der Waals surface area contributed by atoms with Gasteiger partial charge < -0.3 is 9.84 Å². The molecule has 1 N–H and O–H groups in total. The standard InChI is InChI=1S/C17H23NO2/c1-15-14-16(6-5-12-19)7-8-17(15)20-13-11-18-9-3-2-4-10-18/h7-8,14,19H,2-4,9-13H2,1H3. The Morgan fingerprint density at radius 1 is 1.25 bits per heavy atom. The molecule has 1 saturated heterocycles.